The van der Waals surface area contributed by atoms with Crippen LogP contribution in [0, 0.1) is 11.8 Å². The molecule has 0 aliphatic heterocycles. The topological polar surface area (TPSA) is 87.6 Å². The van der Waals surface area contributed by atoms with E-state index in [0.717, 1.165) is 30.7 Å². The molecule has 2 saturated carbocycles. The highest BCUT2D eigenvalue weighted by molar-refractivity contribution is 6.01. The van der Waals surface area contributed by atoms with Crippen LogP contribution in [-0.2, 0) is 0 Å². The molecule has 6 nitrogen and oxygen atoms in total. The smallest absolute Gasteiger partial charge is 0.173 e. The molecule has 2 aliphatic carbocycles. The van der Waals surface area contributed by atoms with Crippen LogP contribution in [0.2, 0.25) is 0 Å². The molecule has 0 atom stereocenters. The Morgan fingerprint density at radius 2 is 1.95 bits per heavy atom. The van der Waals surface area contributed by atoms with Gasteiger partial charge in [-0.3, -0.25) is 0 Å². The van der Waals surface area contributed by atoms with E-state index < -0.39 is 0 Å². The van der Waals surface area contributed by atoms with E-state index in [1.54, 1.807) is 12.3 Å². The third-order valence-corrected chi connectivity index (χ3v) is 3.74. The molecule has 0 saturated heterocycles. The minimum Gasteiger partial charge on any atom is -0.409 e. The van der Waals surface area contributed by atoms with Crippen LogP contribution >= 0.6 is 0 Å². The lowest BCUT2D eigenvalue weighted by Gasteiger charge is -2.24. The molecule has 3 N–H and O–H groups in total. The van der Waals surface area contributed by atoms with Crippen LogP contribution in [0.3, 0.4) is 0 Å². The summed E-state index contributed by atoms with van der Waals surface area (Å²) >= 11 is 0. The monoisotopic (exact) mass is 261 g/mol. The Labute approximate surface area is 112 Å². The Hall–Kier alpha value is -1.85. The zero-order chi connectivity index (χ0) is 13.2. The summed E-state index contributed by atoms with van der Waals surface area (Å²) in [5, 5.41) is 20.1. The van der Waals surface area contributed by atoms with Gasteiger partial charge >= 0.3 is 0 Å². The summed E-state index contributed by atoms with van der Waals surface area (Å²) in [6.07, 6.45) is 6.74. The Bertz CT molecular complexity index is 468. The third-order valence-electron chi connectivity index (χ3n) is 3.74. The van der Waals surface area contributed by atoms with Gasteiger partial charge < -0.3 is 15.8 Å². The molecule has 1 aromatic rings. The van der Waals surface area contributed by atoms with Crippen LogP contribution in [-0.4, -0.2) is 34.3 Å². The molecule has 1 heterocycles. The van der Waals surface area contributed by atoms with Gasteiger partial charge in [0.15, 0.2) is 11.7 Å². The Morgan fingerprint density at radius 1 is 1.32 bits per heavy atom. The molecule has 102 valence electrons. The molecule has 19 heavy (non-hydrogen) atoms. The summed E-state index contributed by atoms with van der Waals surface area (Å²) in [6.45, 7) is 2.00. The minimum atomic E-state index is 0.0986. The fraction of sp³-hybridized carbons (Fsp3) is 0.615. The first-order chi connectivity index (χ1) is 9.28. The number of nitrogens with zero attached hydrogens (tertiary/aromatic N) is 4. The zero-order valence-electron chi connectivity index (χ0n) is 10.9. The second-order valence-corrected chi connectivity index (χ2v) is 5.55. The first-order valence-corrected chi connectivity index (χ1v) is 6.82. The number of nitrogens with two attached hydrogens (primary N) is 1. The first kappa shape index (κ1) is 12.2. The molecule has 0 radical (unpaired) electrons. The molecule has 6 heteroatoms. The van der Waals surface area contributed by atoms with Gasteiger partial charge in [-0.25, -0.2) is 0 Å². The van der Waals surface area contributed by atoms with Crippen molar-refractivity contribution in [3.05, 3.63) is 17.8 Å². The molecular weight excluding hydrogens is 242 g/mol. The Morgan fingerprint density at radius 3 is 2.47 bits per heavy atom. The quantitative estimate of drug-likeness (QED) is 0.348. The maximum atomic E-state index is 8.88. The number of amidine groups is 1. The summed E-state index contributed by atoms with van der Waals surface area (Å²) in [6, 6.07) is 1.75. The van der Waals surface area contributed by atoms with Crippen molar-refractivity contribution < 1.29 is 5.21 Å². The SMILES string of the molecule is N/C(=N/O)c1ccnnc1N(CC1CC1)CC1CC1. The first-order valence-electron chi connectivity index (χ1n) is 6.82. The summed E-state index contributed by atoms with van der Waals surface area (Å²) < 4.78 is 0. The number of hydrogen-bond acceptors (Lipinski definition) is 5. The van der Waals surface area contributed by atoms with Gasteiger partial charge in [0.25, 0.3) is 0 Å². The van der Waals surface area contributed by atoms with Gasteiger partial charge in [0.05, 0.1) is 11.8 Å². The highest BCUT2D eigenvalue weighted by Crippen LogP contribution is 2.35. The van der Waals surface area contributed by atoms with Gasteiger partial charge in [0.2, 0.25) is 0 Å². The van der Waals surface area contributed by atoms with Gasteiger partial charge in [-0.05, 0) is 43.6 Å². The van der Waals surface area contributed by atoms with Gasteiger partial charge in [0.1, 0.15) is 0 Å². The van der Waals surface area contributed by atoms with Crippen molar-refractivity contribution in [1.82, 2.24) is 10.2 Å². The van der Waals surface area contributed by atoms with Gasteiger partial charge in [-0.1, -0.05) is 5.16 Å². The maximum Gasteiger partial charge on any atom is 0.173 e. The largest absolute Gasteiger partial charge is 0.409 e. The maximum absolute atomic E-state index is 8.88. The van der Waals surface area contributed by atoms with E-state index in [1.807, 2.05) is 0 Å². The normalized spacial score (nSPS) is 19.5. The number of rotatable bonds is 6. The molecule has 0 aromatic carbocycles. The van der Waals surface area contributed by atoms with Gasteiger partial charge in [-0.15, -0.1) is 5.10 Å². The van der Waals surface area contributed by atoms with E-state index >= 15 is 0 Å². The highest BCUT2D eigenvalue weighted by Gasteiger charge is 2.31. The fourth-order valence-corrected chi connectivity index (χ4v) is 2.28. The van der Waals surface area contributed by atoms with E-state index in [4.69, 9.17) is 10.9 Å². The predicted molar refractivity (Wildman–Crippen MR) is 72.2 cm³/mol. The van der Waals surface area contributed by atoms with Crippen LogP contribution < -0.4 is 10.6 Å². The van der Waals surface area contributed by atoms with Crippen molar-refractivity contribution in [2.75, 3.05) is 18.0 Å². The minimum absolute atomic E-state index is 0.0986. The lowest BCUT2D eigenvalue weighted by atomic mass is 10.2. The number of anilines is 1. The average Bonchev–Trinajstić information content (AvgIpc) is 3.32. The van der Waals surface area contributed by atoms with E-state index in [1.165, 1.54) is 25.7 Å². The van der Waals surface area contributed by atoms with Crippen molar-refractivity contribution >= 4 is 11.7 Å². The molecule has 2 aliphatic rings. The zero-order valence-corrected chi connectivity index (χ0v) is 10.9. The Balaban J connectivity index is 1.86. The molecule has 0 amide bonds. The van der Waals surface area contributed by atoms with Crippen molar-refractivity contribution in [1.29, 1.82) is 0 Å². The van der Waals surface area contributed by atoms with E-state index in [-0.39, 0.29) is 5.84 Å². The van der Waals surface area contributed by atoms with Crippen molar-refractivity contribution in [3.8, 4) is 0 Å². The Kier molecular flexibility index (Phi) is 3.23. The molecule has 0 spiro atoms. The molecule has 1 aromatic heterocycles. The number of hydrogen-bond donors (Lipinski definition) is 2. The highest BCUT2D eigenvalue weighted by atomic mass is 16.4. The lowest BCUT2D eigenvalue weighted by Crippen LogP contribution is -2.32. The fourth-order valence-electron chi connectivity index (χ4n) is 2.28. The van der Waals surface area contributed by atoms with Crippen molar-refractivity contribution in [2.45, 2.75) is 25.7 Å². The molecule has 3 rings (SSSR count). The number of aromatic nitrogens is 2. The molecule has 0 unspecified atom stereocenters. The lowest BCUT2D eigenvalue weighted by molar-refractivity contribution is 0.318. The third kappa shape index (κ3) is 2.94. The van der Waals surface area contributed by atoms with Crippen LogP contribution in [0.5, 0.6) is 0 Å². The van der Waals surface area contributed by atoms with E-state index in [0.29, 0.717) is 5.56 Å². The van der Waals surface area contributed by atoms with Crippen molar-refractivity contribution in [3.63, 3.8) is 0 Å². The summed E-state index contributed by atoms with van der Waals surface area (Å²) in [7, 11) is 0. The summed E-state index contributed by atoms with van der Waals surface area (Å²) in [4.78, 5) is 2.26. The van der Waals surface area contributed by atoms with Crippen molar-refractivity contribution in [2.24, 2.45) is 22.7 Å². The van der Waals surface area contributed by atoms with Crippen LogP contribution in [0.4, 0.5) is 5.82 Å². The van der Waals surface area contributed by atoms with Crippen LogP contribution in [0.1, 0.15) is 31.2 Å². The van der Waals surface area contributed by atoms with Gasteiger partial charge in [0, 0.05) is 13.1 Å². The van der Waals surface area contributed by atoms with Gasteiger partial charge in [-0.2, -0.15) is 5.10 Å². The summed E-state index contributed by atoms with van der Waals surface area (Å²) in [5.74, 6) is 2.37. The second kappa shape index (κ2) is 5.03. The predicted octanol–water partition coefficient (Wildman–Crippen LogP) is 1.20. The molecule has 2 fully saturated rings. The average molecular weight is 261 g/mol. The van der Waals surface area contributed by atoms with E-state index in [9.17, 15) is 0 Å². The number of oxime groups is 1. The van der Waals surface area contributed by atoms with Crippen LogP contribution in [0.15, 0.2) is 17.4 Å². The molecular formula is C13H19N5O. The second-order valence-electron chi connectivity index (χ2n) is 5.55. The van der Waals surface area contributed by atoms with Crippen LogP contribution in [0.25, 0.3) is 0 Å². The summed E-state index contributed by atoms with van der Waals surface area (Å²) in [5.41, 5.74) is 6.40. The standard InChI is InChI=1S/C13H19N5O/c14-12(17-19)11-5-6-15-16-13(11)18(7-9-1-2-9)8-10-3-4-10/h5-6,9-10,19H,1-4,7-8H2,(H2,14,17). The van der Waals surface area contributed by atoms with E-state index in [2.05, 4.69) is 20.3 Å². The molecule has 0 bridgehead atoms.